The van der Waals surface area contributed by atoms with Crippen molar-refractivity contribution in [2.75, 3.05) is 39.5 Å². The summed E-state index contributed by atoms with van der Waals surface area (Å²) in [7, 11) is 0. The molecule has 5 heterocycles. The Labute approximate surface area is 178 Å². The van der Waals surface area contributed by atoms with Crippen LogP contribution in [0.5, 0.6) is 0 Å². The molecule has 166 valence electrons. The zero-order chi connectivity index (χ0) is 21.4. The maximum absolute atomic E-state index is 13.5. The van der Waals surface area contributed by atoms with E-state index in [0.717, 1.165) is 25.7 Å². The second-order valence-electron chi connectivity index (χ2n) is 8.88. The third kappa shape index (κ3) is 3.85. The van der Waals surface area contributed by atoms with Crippen LogP contribution in [0.4, 0.5) is 0 Å². The monoisotopic (exact) mass is 429 g/mol. The van der Waals surface area contributed by atoms with Crippen LogP contribution >= 0.6 is 0 Å². The van der Waals surface area contributed by atoms with E-state index in [1.54, 1.807) is 18.3 Å². The van der Waals surface area contributed by atoms with E-state index >= 15 is 0 Å². The van der Waals surface area contributed by atoms with Crippen LogP contribution in [0.1, 0.15) is 36.0 Å². The van der Waals surface area contributed by atoms with Crippen molar-refractivity contribution >= 4 is 17.5 Å². The predicted molar refractivity (Wildman–Crippen MR) is 110 cm³/mol. The Morgan fingerprint density at radius 3 is 2.87 bits per heavy atom. The highest BCUT2D eigenvalue weighted by molar-refractivity contribution is 5.95. The summed E-state index contributed by atoms with van der Waals surface area (Å²) in [6, 6.07) is 3.18. The Bertz CT molecular complexity index is 1030. The number of pyridine rings is 1. The van der Waals surface area contributed by atoms with Gasteiger partial charge in [0, 0.05) is 50.7 Å². The van der Waals surface area contributed by atoms with Gasteiger partial charge in [-0.1, -0.05) is 0 Å². The summed E-state index contributed by atoms with van der Waals surface area (Å²) in [4.78, 5) is 39.6. The number of nitrogens with zero attached hydrogens (tertiary/aromatic N) is 3. The van der Waals surface area contributed by atoms with E-state index in [1.807, 2.05) is 4.90 Å². The molecule has 2 aromatic rings. The normalized spacial score (nSPS) is 25.4. The molecule has 10 nitrogen and oxygen atoms in total. The molecule has 2 aromatic heterocycles. The highest BCUT2D eigenvalue weighted by Gasteiger charge is 2.46. The lowest BCUT2D eigenvalue weighted by Crippen LogP contribution is -2.44. The maximum atomic E-state index is 13.5. The van der Waals surface area contributed by atoms with Crippen LogP contribution in [0.3, 0.4) is 0 Å². The minimum absolute atomic E-state index is 0.00450. The highest BCUT2D eigenvalue weighted by Crippen LogP contribution is 2.43. The lowest BCUT2D eigenvalue weighted by atomic mass is 9.78. The first-order valence-corrected chi connectivity index (χ1v) is 10.9. The summed E-state index contributed by atoms with van der Waals surface area (Å²) in [5.74, 6) is -0.220. The molecule has 3 saturated heterocycles. The standard InChI is InChI=1S/C21H27N5O5/c27-18(15-2-6-31-12-15)22-11-16-10-21(3-7-30-8-4-21)13-26(16)19(28)14-1-5-25-17(9-14)23-24-20(25)29/h1,5,9,15-16H,2-4,6-8,10-13H2,(H,22,27)(H,24,29). The van der Waals surface area contributed by atoms with Crippen LogP contribution in [0.2, 0.25) is 0 Å². The van der Waals surface area contributed by atoms with E-state index < -0.39 is 0 Å². The Hall–Kier alpha value is -2.72. The first kappa shape index (κ1) is 20.2. The van der Waals surface area contributed by atoms with Crippen molar-refractivity contribution in [1.82, 2.24) is 24.8 Å². The SMILES string of the molecule is O=C(NCC1CC2(CCOCC2)CN1C(=O)c1ccn2c(=O)[nH]nc2c1)C1CCOC1. The van der Waals surface area contributed by atoms with Crippen molar-refractivity contribution in [3.05, 3.63) is 34.4 Å². The molecule has 10 heteroatoms. The molecular weight excluding hydrogens is 402 g/mol. The number of likely N-dealkylation sites (tertiary alicyclic amines) is 1. The van der Waals surface area contributed by atoms with Gasteiger partial charge in [0.05, 0.1) is 12.5 Å². The molecule has 2 amide bonds. The van der Waals surface area contributed by atoms with Gasteiger partial charge < -0.3 is 19.7 Å². The molecule has 5 rings (SSSR count). The Kier molecular flexibility index (Phi) is 5.27. The number of aromatic amines is 1. The van der Waals surface area contributed by atoms with E-state index in [0.29, 0.717) is 50.7 Å². The third-order valence-corrected chi connectivity index (χ3v) is 6.91. The summed E-state index contributed by atoms with van der Waals surface area (Å²) in [6.45, 7) is 3.54. The van der Waals surface area contributed by atoms with Gasteiger partial charge in [-0.25, -0.2) is 9.89 Å². The smallest absolute Gasteiger partial charge is 0.347 e. The molecule has 2 unspecified atom stereocenters. The van der Waals surface area contributed by atoms with Crippen molar-refractivity contribution in [3.63, 3.8) is 0 Å². The number of carbonyl (C=O) groups excluding carboxylic acids is 2. The van der Waals surface area contributed by atoms with Crippen LogP contribution in [0.25, 0.3) is 5.65 Å². The fourth-order valence-corrected chi connectivity index (χ4v) is 5.06. The van der Waals surface area contributed by atoms with Gasteiger partial charge >= 0.3 is 5.69 Å². The van der Waals surface area contributed by atoms with Crippen molar-refractivity contribution in [1.29, 1.82) is 0 Å². The fourth-order valence-electron chi connectivity index (χ4n) is 5.06. The van der Waals surface area contributed by atoms with Crippen molar-refractivity contribution < 1.29 is 19.1 Å². The number of hydrogen-bond donors (Lipinski definition) is 2. The molecule has 0 saturated carbocycles. The average molecular weight is 429 g/mol. The van der Waals surface area contributed by atoms with Gasteiger partial charge in [-0.05, 0) is 43.2 Å². The number of H-pyrrole nitrogens is 1. The molecule has 31 heavy (non-hydrogen) atoms. The van der Waals surface area contributed by atoms with Gasteiger partial charge in [0.2, 0.25) is 5.91 Å². The summed E-state index contributed by atoms with van der Waals surface area (Å²) < 4.78 is 12.2. The number of aromatic nitrogens is 3. The Balaban J connectivity index is 1.36. The molecule has 3 aliphatic rings. The molecular formula is C21H27N5O5. The summed E-state index contributed by atoms with van der Waals surface area (Å²) in [5.41, 5.74) is 0.568. The van der Waals surface area contributed by atoms with Crippen molar-refractivity contribution in [2.45, 2.75) is 31.7 Å². The number of ether oxygens (including phenoxy) is 2. The van der Waals surface area contributed by atoms with Crippen LogP contribution in [0.15, 0.2) is 23.1 Å². The first-order valence-electron chi connectivity index (χ1n) is 10.9. The Morgan fingerprint density at radius 1 is 1.26 bits per heavy atom. The fraction of sp³-hybridized carbons (Fsp3) is 0.619. The maximum Gasteiger partial charge on any atom is 0.347 e. The van der Waals surface area contributed by atoms with Gasteiger partial charge in [0.25, 0.3) is 5.91 Å². The van der Waals surface area contributed by atoms with Gasteiger partial charge in [-0.3, -0.25) is 14.0 Å². The Morgan fingerprint density at radius 2 is 2.10 bits per heavy atom. The van der Waals surface area contributed by atoms with Gasteiger partial charge in [-0.2, -0.15) is 5.10 Å². The van der Waals surface area contributed by atoms with Gasteiger partial charge in [0.15, 0.2) is 5.65 Å². The number of carbonyl (C=O) groups is 2. The third-order valence-electron chi connectivity index (χ3n) is 6.91. The largest absolute Gasteiger partial charge is 0.381 e. The number of nitrogens with one attached hydrogen (secondary N) is 2. The predicted octanol–water partition coefficient (Wildman–Crippen LogP) is 0.187. The second kappa shape index (κ2) is 8.08. The minimum atomic E-state index is -0.340. The molecule has 3 fully saturated rings. The molecule has 0 aliphatic carbocycles. The van der Waals surface area contributed by atoms with E-state index in [1.165, 1.54) is 4.40 Å². The summed E-state index contributed by atoms with van der Waals surface area (Å²) >= 11 is 0. The lowest BCUT2D eigenvalue weighted by Gasteiger charge is -2.33. The topological polar surface area (TPSA) is 118 Å². The molecule has 2 atom stereocenters. The van der Waals surface area contributed by atoms with E-state index in [9.17, 15) is 14.4 Å². The molecule has 0 bridgehead atoms. The zero-order valence-electron chi connectivity index (χ0n) is 17.3. The van der Waals surface area contributed by atoms with Crippen molar-refractivity contribution in [3.8, 4) is 0 Å². The molecule has 0 radical (unpaired) electrons. The number of hydrogen-bond acceptors (Lipinski definition) is 6. The van der Waals surface area contributed by atoms with Crippen LogP contribution in [-0.4, -0.2) is 76.9 Å². The molecule has 1 spiro atoms. The van der Waals surface area contributed by atoms with Crippen LogP contribution in [-0.2, 0) is 14.3 Å². The molecule has 2 N–H and O–H groups in total. The lowest BCUT2D eigenvalue weighted by molar-refractivity contribution is -0.125. The first-order chi connectivity index (χ1) is 15.0. The van der Waals surface area contributed by atoms with Gasteiger partial charge in [0.1, 0.15) is 0 Å². The van der Waals surface area contributed by atoms with Crippen molar-refractivity contribution in [2.24, 2.45) is 11.3 Å². The zero-order valence-corrected chi connectivity index (χ0v) is 17.3. The number of amides is 2. The number of fused-ring (bicyclic) bond motifs is 1. The summed E-state index contributed by atoms with van der Waals surface area (Å²) in [6.07, 6.45) is 4.96. The minimum Gasteiger partial charge on any atom is -0.381 e. The van der Waals surface area contributed by atoms with E-state index in [4.69, 9.17) is 9.47 Å². The summed E-state index contributed by atoms with van der Waals surface area (Å²) in [5, 5.41) is 9.40. The number of rotatable bonds is 4. The van der Waals surface area contributed by atoms with Crippen LogP contribution < -0.4 is 11.0 Å². The van der Waals surface area contributed by atoms with E-state index in [2.05, 4.69) is 15.5 Å². The highest BCUT2D eigenvalue weighted by atomic mass is 16.5. The molecule has 3 aliphatic heterocycles. The quantitative estimate of drug-likeness (QED) is 0.716. The van der Waals surface area contributed by atoms with E-state index in [-0.39, 0.29) is 34.9 Å². The van der Waals surface area contributed by atoms with Gasteiger partial charge in [-0.15, -0.1) is 0 Å². The second-order valence-corrected chi connectivity index (χ2v) is 8.88. The van der Waals surface area contributed by atoms with Crippen LogP contribution in [0, 0.1) is 11.3 Å². The average Bonchev–Trinajstić information content (AvgIpc) is 3.52. The molecule has 0 aromatic carbocycles.